The lowest BCUT2D eigenvalue weighted by Gasteiger charge is -2.15. The third-order valence-electron chi connectivity index (χ3n) is 2.45. The first kappa shape index (κ1) is 10.9. The van der Waals surface area contributed by atoms with Crippen molar-refractivity contribution in [2.24, 2.45) is 0 Å². The summed E-state index contributed by atoms with van der Waals surface area (Å²) in [7, 11) is 0. The van der Waals surface area contributed by atoms with Crippen molar-refractivity contribution >= 4 is 29.6 Å². The molecule has 1 aromatic heterocycles. The van der Waals surface area contributed by atoms with Gasteiger partial charge in [0.2, 0.25) is 0 Å². The maximum absolute atomic E-state index is 11.3. The maximum atomic E-state index is 11.3. The molecule has 2 nitrogen and oxygen atoms in total. The van der Waals surface area contributed by atoms with E-state index in [1.54, 1.807) is 17.8 Å². The van der Waals surface area contributed by atoms with Crippen molar-refractivity contribution in [3.05, 3.63) is 32.5 Å². The summed E-state index contributed by atoms with van der Waals surface area (Å²) in [5.74, 6) is 0. The number of hydrogen-bond donors (Lipinski definition) is 0. The van der Waals surface area contributed by atoms with E-state index in [9.17, 15) is 4.79 Å². The van der Waals surface area contributed by atoms with Gasteiger partial charge in [-0.05, 0) is 41.9 Å². The number of hydrogen-bond acceptors (Lipinski definition) is 4. The molecule has 0 aliphatic heterocycles. The molecule has 0 saturated heterocycles. The third-order valence-corrected chi connectivity index (χ3v) is 3.99. The topological polar surface area (TPSA) is 30.2 Å². The Morgan fingerprint density at radius 1 is 1.27 bits per heavy atom. The van der Waals surface area contributed by atoms with E-state index in [4.69, 9.17) is 4.42 Å². The van der Waals surface area contributed by atoms with Gasteiger partial charge in [0.05, 0.1) is 0 Å². The zero-order valence-electron chi connectivity index (χ0n) is 8.70. The van der Waals surface area contributed by atoms with E-state index < -0.39 is 0 Å². The molecule has 1 aromatic rings. The van der Waals surface area contributed by atoms with Gasteiger partial charge in [-0.15, -0.1) is 11.8 Å². The van der Waals surface area contributed by atoms with Crippen LogP contribution in [0.5, 0.6) is 0 Å². The Balaban J connectivity index is 2.56. The summed E-state index contributed by atoms with van der Waals surface area (Å²) in [6, 6.07) is 1.59. The minimum absolute atomic E-state index is 0.253. The first-order valence-electron chi connectivity index (χ1n) is 4.70. The second-order valence-electron chi connectivity index (χ2n) is 3.31. The molecule has 1 aliphatic carbocycles. The summed E-state index contributed by atoms with van der Waals surface area (Å²) in [6.45, 7) is 0. The first-order valence-corrected chi connectivity index (χ1v) is 7.15. The summed E-state index contributed by atoms with van der Waals surface area (Å²) >= 11 is 3.25. The normalized spacial score (nSPS) is 14.7. The number of thioether (sulfide) groups is 2. The van der Waals surface area contributed by atoms with Gasteiger partial charge >= 0.3 is 5.63 Å². The fourth-order valence-electron chi connectivity index (χ4n) is 1.71. The summed E-state index contributed by atoms with van der Waals surface area (Å²) < 4.78 is 5.17. The van der Waals surface area contributed by atoms with E-state index in [1.165, 1.54) is 22.2 Å². The molecule has 0 amide bonds. The van der Waals surface area contributed by atoms with Crippen LogP contribution in [0.2, 0.25) is 0 Å². The molecule has 0 bridgehead atoms. The summed E-state index contributed by atoms with van der Waals surface area (Å²) in [6.07, 6.45) is 8.13. The highest BCUT2D eigenvalue weighted by atomic mass is 32.2. The highest BCUT2D eigenvalue weighted by molar-refractivity contribution is 8.02. The standard InChI is InChI=1S/C11H12O2S2/c1-14-8-3-4-9-7(5-8)6-10(12)13-11(9)15-2/h5-6H,3-4H2,1-2H3. The van der Waals surface area contributed by atoms with Crippen LogP contribution in [0.4, 0.5) is 0 Å². The van der Waals surface area contributed by atoms with Gasteiger partial charge in [0.25, 0.3) is 0 Å². The van der Waals surface area contributed by atoms with Crippen LogP contribution < -0.4 is 5.63 Å². The van der Waals surface area contributed by atoms with Gasteiger partial charge in [0.1, 0.15) is 0 Å². The Morgan fingerprint density at radius 3 is 2.73 bits per heavy atom. The molecule has 15 heavy (non-hydrogen) atoms. The Kier molecular flexibility index (Phi) is 3.26. The lowest BCUT2D eigenvalue weighted by molar-refractivity contribution is 0.411. The van der Waals surface area contributed by atoms with E-state index >= 15 is 0 Å². The van der Waals surface area contributed by atoms with Crippen LogP contribution in [0.3, 0.4) is 0 Å². The maximum Gasteiger partial charge on any atom is 0.337 e. The minimum atomic E-state index is -0.253. The van der Waals surface area contributed by atoms with Crippen LogP contribution in [0, 0.1) is 0 Å². The van der Waals surface area contributed by atoms with Crippen LogP contribution in [-0.4, -0.2) is 12.5 Å². The molecule has 0 fully saturated rings. The monoisotopic (exact) mass is 240 g/mol. The zero-order valence-corrected chi connectivity index (χ0v) is 10.3. The second kappa shape index (κ2) is 4.49. The fourth-order valence-corrected chi connectivity index (χ4v) is 2.89. The average molecular weight is 240 g/mol. The zero-order chi connectivity index (χ0) is 10.8. The van der Waals surface area contributed by atoms with Crippen molar-refractivity contribution in [1.82, 2.24) is 0 Å². The van der Waals surface area contributed by atoms with Crippen LogP contribution in [-0.2, 0) is 6.42 Å². The molecule has 0 atom stereocenters. The fraction of sp³-hybridized carbons (Fsp3) is 0.364. The number of fused-ring (bicyclic) bond motifs is 1. The van der Waals surface area contributed by atoms with Gasteiger partial charge in [0.15, 0.2) is 5.09 Å². The van der Waals surface area contributed by atoms with Crippen molar-refractivity contribution in [3.8, 4) is 0 Å². The van der Waals surface area contributed by atoms with Crippen molar-refractivity contribution < 1.29 is 4.42 Å². The van der Waals surface area contributed by atoms with Crippen molar-refractivity contribution in [2.45, 2.75) is 17.9 Å². The lowest BCUT2D eigenvalue weighted by Crippen LogP contribution is -2.07. The highest BCUT2D eigenvalue weighted by Crippen LogP contribution is 2.33. The molecule has 80 valence electrons. The Morgan fingerprint density at radius 2 is 2.07 bits per heavy atom. The Labute approximate surface area is 97.1 Å². The summed E-state index contributed by atoms with van der Waals surface area (Å²) in [5, 5.41) is 0.772. The highest BCUT2D eigenvalue weighted by Gasteiger charge is 2.16. The Hall–Kier alpha value is -0.610. The molecule has 0 unspecified atom stereocenters. The van der Waals surface area contributed by atoms with Crippen molar-refractivity contribution in [2.75, 3.05) is 12.5 Å². The van der Waals surface area contributed by atoms with E-state index in [0.29, 0.717) is 0 Å². The van der Waals surface area contributed by atoms with Gasteiger partial charge in [-0.1, -0.05) is 11.8 Å². The molecule has 0 aromatic carbocycles. The smallest absolute Gasteiger partial charge is 0.337 e. The van der Waals surface area contributed by atoms with Gasteiger partial charge in [-0.2, -0.15) is 0 Å². The predicted molar refractivity (Wildman–Crippen MR) is 66.6 cm³/mol. The molecule has 1 heterocycles. The first-order chi connectivity index (χ1) is 7.24. The third kappa shape index (κ3) is 2.16. The molecule has 0 saturated carbocycles. The lowest BCUT2D eigenvalue weighted by atomic mass is 10.0. The van der Waals surface area contributed by atoms with Gasteiger partial charge in [-0.3, -0.25) is 0 Å². The van der Waals surface area contributed by atoms with Crippen LogP contribution in [0.1, 0.15) is 17.5 Å². The van der Waals surface area contributed by atoms with E-state index in [-0.39, 0.29) is 5.63 Å². The van der Waals surface area contributed by atoms with Crippen molar-refractivity contribution in [1.29, 1.82) is 0 Å². The minimum Gasteiger partial charge on any atom is -0.416 e. The molecular weight excluding hydrogens is 228 g/mol. The van der Waals surface area contributed by atoms with Gasteiger partial charge in [-0.25, -0.2) is 4.79 Å². The average Bonchev–Trinajstić information content (AvgIpc) is 2.26. The molecule has 0 spiro atoms. The SMILES string of the molecule is CSC1=Cc2cc(=O)oc(SC)c2CC1. The summed E-state index contributed by atoms with van der Waals surface area (Å²) in [5.41, 5.74) is 1.96. The molecular formula is C11H12O2S2. The van der Waals surface area contributed by atoms with Crippen LogP contribution >= 0.6 is 23.5 Å². The van der Waals surface area contributed by atoms with Crippen LogP contribution in [0.15, 0.2) is 25.3 Å². The quantitative estimate of drug-likeness (QED) is 0.743. The van der Waals surface area contributed by atoms with Crippen LogP contribution in [0.25, 0.3) is 6.08 Å². The number of rotatable bonds is 2. The van der Waals surface area contributed by atoms with Gasteiger partial charge in [0, 0.05) is 11.6 Å². The van der Waals surface area contributed by atoms with Gasteiger partial charge < -0.3 is 4.42 Å². The predicted octanol–water partition coefficient (Wildman–Crippen LogP) is 3.01. The second-order valence-corrected chi connectivity index (χ2v) is 5.02. The molecule has 0 N–H and O–H groups in total. The number of allylic oxidation sites excluding steroid dienone is 1. The van der Waals surface area contributed by atoms with E-state index in [1.807, 2.05) is 6.26 Å². The van der Waals surface area contributed by atoms with E-state index in [2.05, 4.69) is 12.3 Å². The largest absolute Gasteiger partial charge is 0.416 e. The molecule has 2 rings (SSSR count). The van der Waals surface area contributed by atoms with Crippen molar-refractivity contribution in [3.63, 3.8) is 0 Å². The molecule has 4 heteroatoms. The molecule has 0 radical (unpaired) electrons. The summed E-state index contributed by atoms with van der Waals surface area (Å²) in [4.78, 5) is 12.6. The van der Waals surface area contributed by atoms with E-state index in [0.717, 1.165) is 23.5 Å². The molecule has 1 aliphatic rings. The Bertz CT molecular complexity index is 460.